The van der Waals surface area contributed by atoms with Crippen LogP contribution in [0.1, 0.15) is 59.3 Å². The van der Waals surface area contributed by atoms with Crippen molar-refractivity contribution in [3.8, 4) is 0 Å². The van der Waals surface area contributed by atoms with Gasteiger partial charge in [0.2, 0.25) is 12.2 Å². The first-order valence-electron chi connectivity index (χ1n) is 10.3. The lowest BCUT2D eigenvalue weighted by Gasteiger charge is -2.15. The Labute approximate surface area is 200 Å². The average molecular weight is 488 g/mol. The summed E-state index contributed by atoms with van der Waals surface area (Å²) in [7, 11) is 0. The zero-order chi connectivity index (χ0) is 27.4. The molecule has 1 atom stereocenters. The normalized spacial score (nSPS) is 11.4. The Kier molecular flexibility index (Phi) is 32.6. The smallest absolute Gasteiger partial charge is 0.404 e. The van der Waals surface area contributed by atoms with Gasteiger partial charge in [-0.25, -0.2) is 34.8 Å². The number of esters is 2. The number of hydrogen-bond donors (Lipinski definition) is 4. The highest BCUT2D eigenvalue weighted by molar-refractivity contribution is 5.87. The SMILES string of the molecule is C1CCCCC1.C=C(C)C(=O)OCC(CO)OC(=O)C(=C)C.CCOC(N)=O.N=C=O.N=C=O. The van der Waals surface area contributed by atoms with Crippen molar-refractivity contribution in [1.29, 1.82) is 10.8 Å². The fraction of sp³-hybridized carbons (Fsp3) is 0.591. The summed E-state index contributed by atoms with van der Waals surface area (Å²) in [5, 5.41) is 19.7. The van der Waals surface area contributed by atoms with Gasteiger partial charge in [0.1, 0.15) is 6.61 Å². The summed E-state index contributed by atoms with van der Waals surface area (Å²) in [4.78, 5) is 48.4. The summed E-state index contributed by atoms with van der Waals surface area (Å²) in [6.45, 7) is 11.2. The minimum Gasteiger partial charge on any atom is -0.458 e. The van der Waals surface area contributed by atoms with Gasteiger partial charge in [-0.3, -0.25) is 0 Å². The number of rotatable bonds is 7. The molecule has 1 aliphatic carbocycles. The number of carbonyl (C=O) groups is 3. The van der Waals surface area contributed by atoms with Crippen LogP contribution in [0.4, 0.5) is 4.79 Å². The maximum atomic E-state index is 11.1. The van der Waals surface area contributed by atoms with E-state index < -0.39 is 30.7 Å². The molecule has 1 unspecified atom stereocenters. The van der Waals surface area contributed by atoms with Crippen molar-refractivity contribution < 1.29 is 43.3 Å². The van der Waals surface area contributed by atoms with E-state index in [1.54, 1.807) is 6.92 Å². The first-order valence-corrected chi connectivity index (χ1v) is 10.3. The van der Waals surface area contributed by atoms with E-state index in [9.17, 15) is 14.4 Å². The first kappa shape index (κ1) is 37.7. The van der Waals surface area contributed by atoms with Crippen LogP contribution in [0.15, 0.2) is 24.3 Å². The Bertz CT molecular complexity index is 639. The van der Waals surface area contributed by atoms with E-state index >= 15 is 0 Å². The molecule has 0 bridgehead atoms. The van der Waals surface area contributed by atoms with Gasteiger partial charge in [-0.2, -0.15) is 0 Å². The number of aliphatic hydroxyl groups is 1. The van der Waals surface area contributed by atoms with Gasteiger partial charge in [-0.15, -0.1) is 0 Å². The van der Waals surface area contributed by atoms with E-state index in [-0.39, 0.29) is 17.8 Å². The number of carbonyl (C=O) groups excluding carboxylic acids is 5. The molecule has 1 saturated carbocycles. The van der Waals surface area contributed by atoms with E-state index in [1.165, 1.54) is 52.4 Å². The molecule has 0 aromatic heterocycles. The minimum atomic E-state index is -0.882. The highest BCUT2D eigenvalue weighted by Gasteiger charge is 2.16. The number of nitrogens with two attached hydrogens (primary N) is 1. The summed E-state index contributed by atoms with van der Waals surface area (Å²) < 4.78 is 13.7. The van der Waals surface area contributed by atoms with Gasteiger partial charge >= 0.3 is 18.0 Å². The Morgan fingerprint density at radius 3 is 1.47 bits per heavy atom. The molecule has 1 rings (SSSR count). The second-order valence-corrected chi connectivity index (χ2v) is 6.45. The second-order valence-electron chi connectivity index (χ2n) is 6.45. The molecular weight excluding hydrogens is 450 g/mol. The molecule has 5 N–H and O–H groups in total. The third kappa shape index (κ3) is 35.8. The van der Waals surface area contributed by atoms with Gasteiger partial charge < -0.3 is 25.1 Å². The van der Waals surface area contributed by atoms with Gasteiger partial charge in [-0.05, 0) is 20.8 Å². The summed E-state index contributed by atoms with van der Waals surface area (Å²) in [6, 6.07) is 0. The number of nitrogens with one attached hydrogen (secondary N) is 2. The standard InChI is InChI=1S/C11H16O5.C6H12.C3H7NO2.2CHNO/c1-7(2)10(13)15-6-9(5-12)16-11(14)8(3)4;1-2-4-6-5-3-1;1-2-6-3(4)5;2*2-1-3/h9,12H,1,3,5-6H2,2,4H3;1-6H2;2H2,1H3,(H2,4,5);2*2H. The van der Waals surface area contributed by atoms with Crippen LogP contribution in [0.25, 0.3) is 0 Å². The average Bonchev–Trinajstić information content (AvgIpc) is 2.79. The highest BCUT2D eigenvalue weighted by Crippen LogP contribution is 2.15. The molecule has 0 aliphatic heterocycles. The Balaban J connectivity index is -0.000000203. The molecule has 12 heteroatoms. The zero-order valence-corrected chi connectivity index (χ0v) is 20.1. The van der Waals surface area contributed by atoms with Gasteiger partial charge in [0.15, 0.2) is 6.10 Å². The molecule has 0 aromatic carbocycles. The van der Waals surface area contributed by atoms with Crippen molar-refractivity contribution in [1.82, 2.24) is 0 Å². The molecule has 194 valence electrons. The Hall–Kier alpha value is -3.59. The fourth-order valence-corrected chi connectivity index (χ4v) is 1.87. The van der Waals surface area contributed by atoms with Crippen LogP contribution in [0.2, 0.25) is 0 Å². The topological polar surface area (TPSA) is 207 Å². The number of aliphatic hydroxyl groups excluding tert-OH is 1. The lowest BCUT2D eigenvalue weighted by molar-refractivity contribution is -0.156. The van der Waals surface area contributed by atoms with Crippen LogP contribution in [0.3, 0.4) is 0 Å². The number of hydrogen-bond acceptors (Lipinski definition) is 11. The molecule has 0 radical (unpaired) electrons. The van der Waals surface area contributed by atoms with Crippen LogP contribution in [-0.4, -0.2) is 61.2 Å². The quantitative estimate of drug-likeness (QED) is 0.137. The van der Waals surface area contributed by atoms with Crippen LogP contribution in [-0.2, 0) is 33.4 Å². The second kappa shape index (κ2) is 29.4. The van der Waals surface area contributed by atoms with Crippen molar-refractivity contribution in [2.24, 2.45) is 5.73 Å². The number of ether oxygens (including phenoxy) is 3. The number of primary amides is 1. The van der Waals surface area contributed by atoms with Crippen molar-refractivity contribution in [3.05, 3.63) is 24.3 Å². The number of amides is 1. The molecule has 0 spiro atoms. The summed E-state index contributed by atoms with van der Waals surface area (Å²) in [5.74, 6) is -1.23. The summed E-state index contributed by atoms with van der Waals surface area (Å²) in [5.41, 5.74) is 4.99. The minimum absolute atomic E-state index is 0.207. The van der Waals surface area contributed by atoms with Gasteiger partial charge in [0.25, 0.3) is 0 Å². The Morgan fingerprint density at radius 2 is 1.26 bits per heavy atom. The maximum Gasteiger partial charge on any atom is 0.404 e. The van der Waals surface area contributed by atoms with Gasteiger partial charge in [0.05, 0.1) is 13.2 Å². The predicted molar refractivity (Wildman–Crippen MR) is 123 cm³/mol. The van der Waals surface area contributed by atoms with E-state index in [2.05, 4.69) is 23.6 Å². The lowest BCUT2D eigenvalue weighted by atomic mass is 10.0. The monoisotopic (exact) mass is 487 g/mol. The van der Waals surface area contributed by atoms with Gasteiger partial charge in [-0.1, -0.05) is 51.7 Å². The molecule has 1 fully saturated rings. The molecule has 0 aromatic rings. The molecule has 1 aliphatic rings. The number of isocyanates is 2. The van der Waals surface area contributed by atoms with Crippen LogP contribution < -0.4 is 5.73 Å². The molecule has 0 heterocycles. The molecule has 1 amide bonds. The van der Waals surface area contributed by atoms with Crippen LogP contribution in [0.5, 0.6) is 0 Å². The van der Waals surface area contributed by atoms with Crippen molar-refractivity contribution in [3.63, 3.8) is 0 Å². The first-order chi connectivity index (χ1) is 16.0. The Morgan fingerprint density at radius 1 is 0.912 bits per heavy atom. The molecular formula is C22H37N3O9. The third-order valence-corrected chi connectivity index (χ3v) is 3.36. The summed E-state index contributed by atoms with van der Waals surface area (Å²) in [6.07, 6.45) is 8.91. The lowest BCUT2D eigenvalue weighted by Crippen LogP contribution is -2.28. The van der Waals surface area contributed by atoms with E-state index in [0.717, 1.165) is 12.2 Å². The fourth-order valence-electron chi connectivity index (χ4n) is 1.87. The van der Waals surface area contributed by atoms with Crippen molar-refractivity contribution >= 4 is 30.2 Å². The van der Waals surface area contributed by atoms with Crippen molar-refractivity contribution in [2.75, 3.05) is 19.8 Å². The van der Waals surface area contributed by atoms with E-state index in [1.807, 2.05) is 0 Å². The molecule has 0 saturated heterocycles. The van der Waals surface area contributed by atoms with Crippen LogP contribution in [0, 0.1) is 10.8 Å². The highest BCUT2D eigenvalue weighted by atomic mass is 16.6. The van der Waals surface area contributed by atoms with E-state index in [4.69, 9.17) is 35.0 Å². The van der Waals surface area contributed by atoms with Gasteiger partial charge in [0, 0.05) is 11.1 Å². The van der Waals surface area contributed by atoms with Crippen molar-refractivity contribution in [2.45, 2.75) is 65.4 Å². The maximum absolute atomic E-state index is 11.1. The zero-order valence-electron chi connectivity index (χ0n) is 20.1. The van der Waals surface area contributed by atoms with Crippen LogP contribution >= 0.6 is 0 Å². The predicted octanol–water partition coefficient (Wildman–Crippen LogP) is 2.83. The molecule has 34 heavy (non-hydrogen) atoms. The van der Waals surface area contributed by atoms with E-state index in [0.29, 0.717) is 6.61 Å². The third-order valence-electron chi connectivity index (χ3n) is 3.36. The summed E-state index contributed by atoms with van der Waals surface area (Å²) >= 11 is 0. The molecule has 12 nitrogen and oxygen atoms in total. The largest absolute Gasteiger partial charge is 0.458 e.